The largest absolute Gasteiger partial charge is 0.333 e. The molecule has 0 saturated heterocycles. The van der Waals surface area contributed by atoms with Gasteiger partial charge in [-0.1, -0.05) is 64.7 Å². The third-order valence-electron chi connectivity index (χ3n) is 6.44. The maximum absolute atomic E-state index is 13.4. The molecule has 1 N–H and O–H groups in total. The molecular weight excluding hydrogens is 515 g/mol. The SMILES string of the molecule is Cc1ccc2c(c1)c1c(n2C(=O)NCc2ccnc(Cl)c2)CCN(C/C=C/c2ccc(Cl)c(Cl)c2)C1. The lowest BCUT2D eigenvalue weighted by atomic mass is 10.0. The summed E-state index contributed by atoms with van der Waals surface area (Å²) in [5.74, 6) is 0. The van der Waals surface area contributed by atoms with E-state index in [1.165, 1.54) is 11.1 Å². The van der Waals surface area contributed by atoms with Crippen LogP contribution in [0.4, 0.5) is 4.79 Å². The third kappa shape index (κ3) is 5.30. The molecular formula is C28H25Cl3N4O. The van der Waals surface area contributed by atoms with Crippen LogP contribution in [0, 0.1) is 6.92 Å². The number of aromatic nitrogens is 2. The van der Waals surface area contributed by atoms with E-state index in [4.69, 9.17) is 34.8 Å². The number of amides is 1. The molecule has 8 heteroatoms. The van der Waals surface area contributed by atoms with Crippen LogP contribution in [-0.2, 0) is 19.5 Å². The van der Waals surface area contributed by atoms with Gasteiger partial charge in [0.25, 0.3) is 0 Å². The van der Waals surface area contributed by atoms with Gasteiger partial charge in [-0.15, -0.1) is 0 Å². The van der Waals surface area contributed by atoms with Crippen molar-refractivity contribution in [3.8, 4) is 0 Å². The fraction of sp³-hybridized carbons (Fsp3) is 0.214. The second kappa shape index (κ2) is 10.7. The van der Waals surface area contributed by atoms with Crippen molar-refractivity contribution in [2.45, 2.75) is 26.4 Å². The highest BCUT2D eigenvalue weighted by atomic mass is 35.5. The molecule has 0 radical (unpaired) electrons. The Kier molecular flexibility index (Phi) is 7.35. The summed E-state index contributed by atoms with van der Waals surface area (Å²) >= 11 is 18.2. The maximum Gasteiger partial charge on any atom is 0.326 e. The van der Waals surface area contributed by atoms with E-state index in [1.54, 1.807) is 12.3 Å². The number of pyridine rings is 1. The summed E-state index contributed by atoms with van der Waals surface area (Å²) in [6.45, 7) is 4.90. The molecule has 5 nitrogen and oxygen atoms in total. The van der Waals surface area contributed by atoms with Crippen LogP contribution in [0.3, 0.4) is 0 Å². The van der Waals surface area contributed by atoms with E-state index in [1.807, 2.05) is 34.9 Å². The minimum Gasteiger partial charge on any atom is -0.333 e. The van der Waals surface area contributed by atoms with Gasteiger partial charge in [-0.2, -0.15) is 0 Å². The van der Waals surface area contributed by atoms with Crippen LogP contribution in [0.2, 0.25) is 15.2 Å². The Morgan fingerprint density at radius 2 is 1.94 bits per heavy atom. The molecule has 1 aliphatic heterocycles. The Labute approximate surface area is 225 Å². The summed E-state index contributed by atoms with van der Waals surface area (Å²) in [5.41, 5.74) is 6.32. The zero-order chi connectivity index (χ0) is 25.2. The van der Waals surface area contributed by atoms with Crippen LogP contribution in [0.25, 0.3) is 17.0 Å². The predicted octanol–water partition coefficient (Wildman–Crippen LogP) is 7.13. The summed E-state index contributed by atoms with van der Waals surface area (Å²) in [4.78, 5) is 19.7. The number of nitrogens with zero attached hydrogens (tertiary/aromatic N) is 3. The first-order valence-corrected chi connectivity index (χ1v) is 12.9. The van der Waals surface area contributed by atoms with Crippen molar-refractivity contribution in [2.75, 3.05) is 13.1 Å². The summed E-state index contributed by atoms with van der Waals surface area (Å²) in [5, 5.41) is 5.70. The van der Waals surface area contributed by atoms with Crippen molar-refractivity contribution in [2.24, 2.45) is 0 Å². The van der Waals surface area contributed by atoms with E-state index in [9.17, 15) is 4.79 Å². The van der Waals surface area contributed by atoms with Gasteiger partial charge in [0.05, 0.1) is 15.6 Å². The molecule has 0 bridgehead atoms. The lowest BCUT2D eigenvalue weighted by molar-refractivity contribution is 0.240. The lowest BCUT2D eigenvalue weighted by Gasteiger charge is -2.27. The van der Waals surface area contributed by atoms with Gasteiger partial charge in [-0.3, -0.25) is 9.47 Å². The van der Waals surface area contributed by atoms with Crippen LogP contribution >= 0.6 is 34.8 Å². The molecule has 0 unspecified atom stereocenters. The first kappa shape index (κ1) is 24.8. The number of hydrogen-bond donors (Lipinski definition) is 1. The second-order valence-electron chi connectivity index (χ2n) is 8.99. The normalized spacial score (nSPS) is 13.9. The number of carbonyl (C=O) groups excluding carboxylic acids is 1. The smallest absolute Gasteiger partial charge is 0.326 e. The molecule has 36 heavy (non-hydrogen) atoms. The van der Waals surface area contributed by atoms with E-state index < -0.39 is 0 Å². The van der Waals surface area contributed by atoms with Crippen molar-refractivity contribution in [1.82, 2.24) is 19.8 Å². The number of aryl methyl sites for hydroxylation is 1. The van der Waals surface area contributed by atoms with Crippen molar-refractivity contribution in [3.63, 3.8) is 0 Å². The molecule has 0 saturated carbocycles. The summed E-state index contributed by atoms with van der Waals surface area (Å²) < 4.78 is 1.84. The topological polar surface area (TPSA) is 50.2 Å². The molecule has 0 aliphatic carbocycles. The maximum atomic E-state index is 13.4. The highest BCUT2D eigenvalue weighted by Gasteiger charge is 2.26. The van der Waals surface area contributed by atoms with Gasteiger partial charge in [0.1, 0.15) is 5.15 Å². The van der Waals surface area contributed by atoms with Crippen LogP contribution in [0.5, 0.6) is 0 Å². The molecule has 2 aromatic carbocycles. The Morgan fingerprint density at radius 3 is 2.75 bits per heavy atom. The highest BCUT2D eigenvalue weighted by Crippen LogP contribution is 2.32. The van der Waals surface area contributed by atoms with Gasteiger partial charge in [-0.25, -0.2) is 9.78 Å². The Hall–Kier alpha value is -2.83. The highest BCUT2D eigenvalue weighted by molar-refractivity contribution is 6.42. The van der Waals surface area contributed by atoms with E-state index >= 15 is 0 Å². The fourth-order valence-corrected chi connectivity index (χ4v) is 5.18. The van der Waals surface area contributed by atoms with E-state index in [2.05, 4.69) is 46.4 Å². The zero-order valence-electron chi connectivity index (χ0n) is 19.8. The van der Waals surface area contributed by atoms with Gasteiger partial charge in [0.2, 0.25) is 0 Å². The van der Waals surface area contributed by atoms with E-state index in [0.717, 1.165) is 53.8 Å². The minimum absolute atomic E-state index is 0.133. The van der Waals surface area contributed by atoms with Gasteiger partial charge in [0.15, 0.2) is 0 Å². The summed E-state index contributed by atoms with van der Waals surface area (Å²) in [7, 11) is 0. The Bertz CT molecular complexity index is 1480. The predicted molar refractivity (Wildman–Crippen MR) is 148 cm³/mol. The summed E-state index contributed by atoms with van der Waals surface area (Å²) in [6.07, 6.45) is 6.63. The molecule has 2 aromatic heterocycles. The van der Waals surface area contributed by atoms with Crippen LogP contribution in [0.1, 0.15) is 27.9 Å². The molecule has 3 heterocycles. The third-order valence-corrected chi connectivity index (χ3v) is 7.38. The van der Waals surface area contributed by atoms with E-state index in [-0.39, 0.29) is 6.03 Å². The number of halogens is 3. The molecule has 1 amide bonds. The van der Waals surface area contributed by atoms with E-state index in [0.29, 0.717) is 21.7 Å². The van der Waals surface area contributed by atoms with Gasteiger partial charge >= 0.3 is 6.03 Å². The Balaban J connectivity index is 1.36. The second-order valence-corrected chi connectivity index (χ2v) is 10.2. The molecule has 4 aromatic rings. The van der Waals surface area contributed by atoms with Crippen molar-refractivity contribution in [3.05, 3.63) is 104 Å². The average Bonchev–Trinajstić information content (AvgIpc) is 3.18. The number of hydrogen-bond acceptors (Lipinski definition) is 3. The van der Waals surface area contributed by atoms with Crippen molar-refractivity contribution < 1.29 is 4.79 Å². The van der Waals surface area contributed by atoms with Gasteiger partial charge in [-0.05, 0) is 60.0 Å². The number of carbonyl (C=O) groups is 1. The van der Waals surface area contributed by atoms with Gasteiger partial charge in [0, 0.05) is 49.9 Å². The molecule has 0 fully saturated rings. The zero-order valence-corrected chi connectivity index (χ0v) is 22.0. The standard InChI is InChI=1S/C28H25Cl3N4O/c1-18-4-7-25-21(13-18)22-17-34(11-2-3-19-5-6-23(29)24(30)14-19)12-9-26(22)35(25)28(36)33-16-20-8-10-32-27(31)15-20/h2-8,10,13-15H,9,11-12,16-17H2,1H3,(H,33,36)/b3-2+. The molecule has 5 rings (SSSR count). The molecule has 184 valence electrons. The van der Waals surface area contributed by atoms with Gasteiger partial charge < -0.3 is 5.32 Å². The molecule has 0 atom stereocenters. The van der Waals surface area contributed by atoms with Crippen molar-refractivity contribution in [1.29, 1.82) is 0 Å². The quantitative estimate of drug-likeness (QED) is 0.274. The van der Waals surface area contributed by atoms with Crippen LogP contribution in [0.15, 0.2) is 60.8 Å². The first-order valence-electron chi connectivity index (χ1n) is 11.7. The summed E-state index contributed by atoms with van der Waals surface area (Å²) in [6, 6.07) is 15.4. The fourth-order valence-electron chi connectivity index (χ4n) is 4.68. The molecule has 1 aliphatic rings. The number of rotatable bonds is 5. The monoisotopic (exact) mass is 538 g/mol. The van der Waals surface area contributed by atoms with Crippen LogP contribution in [-0.4, -0.2) is 33.6 Å². The van der Waals surface area contributed by atoms with Crippen LogP contribution < -0.4 is 5.32 Å². The lowest BCUT2D eigenvalue weighted by Crippen LogP contribution is -2.34. The number of nitrogens with one attached hydrogen (secondary N) is 1. The Morgan fingerprint density at radius 1 is 1.08 bits per heavy atom. The number of benzene rings is 2. The van der Waals surface area contributed by atoms with Crippen molar-refractivity contribution >= 4 is 57.8 Å². The first-order chi connectivity index (χ1) is 17.4. The number of fused-ring (bicyclic) bond motifs is 3. The molecule has 0 spiro atoms. The average molecular weight is 540 g/mol. The minimum atomic E-state index is -0.133.